The number of aryl methyl sites for hydroxylation is 2. The van der Waals surface area contributed by atoms with Gasteiger partial charge >= 0.3 is 0 Å². The number of fused-ring (bicyclic) bond motifs is 1. The van der Waals surface area contributed by atoms with E-state index in [4.69, 9.17) is 5.11 Å². The summed E-state index contributed by atoms with van der Waals surface area (Å²) in [6.07, 6.45) is 2.15. The largest absolute Gasteiger partial charge is 0.392 e. The number of imidazole rings is 1. The highest BCUT2D eigenvalue weighted by molar-refractivity contribution is 7.17. The van der Waals surface area contributed by atoms with Crippen molar-refractivity contribution in [2.45, 2.75) is 33.5 Å². The van der Waals surface area contributed by atoms with Crippen molar-refractivity contribution in [3.8, 4) is 0 Å². The van der Waals surface area contributed by atoms with Gasteiger partial charge in [-0.1, -0.05) is 24.3 Å². The average Bonchev–Trinajstić information content (AvgIpc) is 2.96. The molecule has 3 aromatic rings. The molecule has 0 aliphatic rings. The molecule has 110 valence electrons. The third-order valence-corrected chi connectivity index (χ3v) is 4.47. The maximum absolute atomic E-state index is 9.04. The molecule has 21 heavy (non-hydrogen) atoms. The SMILES string of the molecule is Cc1cn2c(CNCc3ccc(CO)cc3)c(C)nc2s1. The smallest absolute Gasteiger partial charge is 0.194 e. The Morgan fingerprint density at radius 3 is 2.57 bits per heavy atom. The summed E-state index contributed by atoms with van der Waals surface area (Å²) in [6, 6.07) is 8.02. The van der Waals surface area contributed by atoms with Gasteiger partial charge in [0.05, 0.1) is 18.0 Å². The van der Waals surface area contributed by atoms with Gasteiger partial charge in [0, 0.05) is 24.2 Å². The van der Waals surface area contributed by atoms with Crippen molar-refractivity contribution >= 4 is 16.3 Å². The second-order valence-corrected chi connectivity index (χ2v) is 6.43. The van der Waals surface area contributed by atoms with Crippen LogP contribution in [0.5, 0.6) is 0 Å². The molecule has 0 aliphatic heterocycles. The van der Waals surface area contributed by atoms with E-state index in [1.807, 2.05) is 24.3 Å². The van der Waals surface area contributed by atoms with Crippen LogP contribution in [0, 0.1) is 13.8 Å². The van der Waals surface area contributed by atoms with Crippen LogP contribution >= 0.6 is 11.3 Å². The van der Waals surface area contributed by atoms with Crippen molar-refractivity contribution in [2.75, 3.05) is 0 Å². The minimum absolute atomic E-state index is 0.0955. The summed E-state index contributed by atoms with van der Waals surface area (Å²) in [5, 5.41) is 12.5. The topological polar surface area (TPSA) is 49.6 Å². The molecule has 3 rings (SSSR count). The predicted molar refractivity (Wildman–Crippen MR) is 85.5 cm³/mol. The normalized spacial score (nSPS) is 11.4. The number of hydrogen-bond acceptors (Lipinski definition) is 4. The van der Waals surface area contributed by atoms with Crippen molar-refractivity contribution in [2.24, 2.45) is 0 Å². The van der Waals surface area contributed by atoms with Crippen LogP contribution in [0.25, 0.3) is 4.96 Å². The van der Waals surface area contributed by atoms with E-state index in [1.165, 1.54) is 16.1 Å². The molecule has 0 saturated heterocycles. The number of aromatic nitrogens is 2. The molecule has 0 saturated carbocycles. The molecule has 4 nitrogen and oxygen atoms in total. The van der Waals surface area contributed by atoms with E-state index < -0.39 is 0 Å². The lowest BCUT2D eigenvalue weighted by Gasteiger charge is -2.06. The number of aliphatic hydroxyl groups is 1. The van der Waals surface area contributed by atoms with E-state index in [1.54, 1.807) is 11.3 Å². The molecule has 2 aromatic heterocycles. The maximum atomic E-state index is 9.04. The van der Waals surface area contributed by atoms with E-state index in [0.717, 1.165) is 29.3 Å². The lowest BCUT2D eigenvalue weighted by molar-refractivity contribution is 0.282. The standard InChI is InChI=1S/C16H19N3OS/c1-11-9-19-15(12(2)18-16(19)21-11)8-17-7-13-3-5-14(10-20)6-4-13/h3-6,9,17,20H,7-8,10H2,1-2H3. The van der Waals surface area contributed by atoms with Gasteiger partial charge in [-0.05, 0) is 25.0 Å². The molecule has 0 amide bonds. The third-order valence-electron chi connectivity index (χ3n) is 3.57. The average molecular weight is 301 g/mol. The molecule has 2 N–H and O–H groups in total. The van der Waals surface area contributed by atoms with Crippen molar-refractivity contribution in [3.05, 3.63) is 57.9 Å². The van der Waals surface area contributed by atoms with Gasteiger partial charge in [0.25, 0.3) is 0 Å². The van der Waals surface area contributed by atoms with Crippen LogP contribution in [0.2, 0.25) is 0 Å². The monoisotopic (exact) mass is 301 g/mol. The minimum atomic E-state index is 0.0955. The Labute approximate surface area is 128 Å². The number of hydrogen-bond donors (Lipinski definition) is 2. The molecule has 0 fully saturated rings. The van der Waals surface area contributed by atoms with Crippen LogP contribution in [-0.4, -0.2) is 14.5 Å². The molecule has 0 unspecified atom stereocenters. The summed E-state index contributed by atoms with van der Waals surface area (Å²) in [7, 11) is 0. The van der Waals surface area contributed by atoms with Crippen LogP contribution in [0.4, 0.5) is 0 Å². The Hall–Kier alpha value is -1.69. The maximum Gasteiger partial charge on any atom is 0.194 e. The van der Waals surface area contributed by atoms with Gasteiger partial charge in [-0.2, -0.15) is 0 Å². The van der Waals surface area contributed by atoms with Crippen LogP contribution < -0.4 is 5.32 Å². The summed E-state index contributed by atoms with van der Waals surface area (Å²) in [5.74, 6) is 0. The molecular weight excluding hydrogens is 282 g/mol. The third kappa shape index (κ3) is 3.00. The first kappa shape index (κ1) is 14.3. The summed E-state index contributed by atoms with van der Waals surface area (Å²) in [5.41, 5.74) is 4.47. The van der Waals surface area contributed by atoms with Crippen LogP contribution in [0.1, 0.15) is 27.4 Å². The van der Waals surface area contributed by atoms with Crippen LogP contribution in [0.3, 0.4) is 0 Å². The van der Waals surface area contributed by atoms with Gasteiger partial charge in [-0.3, -0.25) is 4.40 Å². The number of nitrogens with zero attached hydrogens (tertiary/aromatic N) is 2. The molecule has 0 bridgehead atoms. The fourth-order valence-corrected chi connectivity index (χ4v) is 3.30. The van der Waals surface area contributed by atoms with Gasteiger partial charge < -0.3 is 10.4 Å². The Kier molecular flexibility index (Phi) is 4.05. The Balaban J connectivity index is 1.67. The summed E-state index contributed by atoms with van der Waals surface area (Å²) >= 11 is 1.72. The first-order valence-electron chi connectivity index (χ1n) is 7.00. The first-order chi connectivity index (χ1) is 10.2. The summed E-state index contributed by atoms with van der Waals surface area (Å²) in [6.45, 7) is 5.86. The van der Waals surface area contributed by atoms with Crippen molar-refractivity contribution < 1.29 is 5.11 Å². The molecule has 1 aromatic carbocycles. The van der Waals surface area contributed by atoms with Gasteiger partial charge in [0.2, 0.25) is 0 Å². The zero-order chi connectivity index (χ0) is 14.8. The Bertz CT molecular complexity index is 743. The number of nitrogens with one attached hydrogen (secondary N) is 1. The summed E-state index contributed by atoms with van der Waals surface area (Å²) < 4.78 is 2.18. The van der Waals surface area contributed by atoms with Crippen molar-refractivity contribution in [1.82, 2.24) is 14.7 Å². The van der Waals surface area contributed by atoms with E-state index >= 15 is 0 Å². The highest BCUT2D eigenvalue weighted by Gasteiger charge is 2.10. The second kappa shape index (κ2) is 5.97. The molecule has 2 heterocycles. The molecular formula is C16H19N3OS. The lowest BCUT2D eigenvalue weighted by atomic mass is 10.1. The number of aliphatic hydroxyl groups excluding tert-OH is 1. The highest BCUT2D eigenvalue weighted by atomic mass is 32.1. The van der Waals surface area contributed by atoms with Crippen molar-refractivity contribution in [3.63, 3.8) is 0 Å². The van der Waals surface area contributed by atoms with Gasteiger partial charge in [-0.15, -0.1) is 11.3 Å². The predicted octanol–water partition coefficient (Wildman–Crippen LogP) is 2.79. The molecule has 0 radical (unpaired) electrons. The zero-order valence-electron chi connectivity index (χ0n) is 12.3. The van der Waals surface area contributed by atoms with Gasteiger partial charge in [0.1, 0.15) is 0 Å². The lowest BCUT2D eigenvalue weighted by Crippen LogP contribution is -2.14. The quantitative estimate of drug-likeness (QED) is 0.762. The molecule has 5 heteroatoms. The Morgan fingerprint density at radius 2 is 1.86 bits per heavy atom. The van der Waals surface area contributed by atoms with E-state index in [-0.39, 0.29) is 6.61 Å². The van der Waals surface area contributed by atoms with Gasteiger partial charge in [0.15, 0.2) is 4.96 Å². The highest BCUT2D eigenvalue weighted by Crippen LogP contribution is 2.20. The molecule has 0 aliphatic carbocycles. The van der Waals surface area contributed by atoms with E-state index in [0.29, 0.717) is 0 Å². The Morgan fingerprint density at radius 1 is 1.14 bits per heavy atom. The minimum Gasteiger partial charge on any atom is -0.392 e. The fourth-order valence-electron chi connectivity index (χ4n) is 2.41. The second-order valence-electron chi connectivity index (χ2n) is 5.22. The van der Waals surface area contributed by atoms with Crippen LogP contribution in [-0.2, 0) is 19.7 Å². The number of benzene rings is 1. The number of rotatable bonds is 5. The molecule has 0 spiro atoms. The molecule has 0 atom stereocenters. The first-order valence-corrected chi connectivity index (χ1v) is 7.82. The van der Waals surface area contributed by atoms with Crippen molar-refractivity contribution in [1.29, 1.82) is 0 Å². The number of thiazole rings is 1. The van der Waals surface area contributed by atoms with Crippen LogP contribution in [0.15, 0.2) is 30.5 Å². The van der Waals surface area contributed by atoms with E-state index in [2.05, 4.69) is 34.7 Å². The van der Waals surface area contributed by atoms with Gasteiger partial charge in [-0.25, -0.2) is 4.98 Å². The fraction of sp³-hybridized carbons (Fsp3) is 0.312. The van der Waals surface area contributed by atoms with E-state index in [9.17, 15) is 0 Å². The summed E-state index contributed by atoms with van der Waals surface area (Å²) in [4.78, 5) is 6.94. The zero-order valence-corrected chi connectivity index (χ0v) is 13.1.